The van der Waals surface area contributed by atoms with Crippen molar-refractivity contribution in [3.8, 4) is 0 Å². The van der Waals surface area contributed by atoms with Gasteiger partial charge in [-0.3, -0.25) is 0 Å². The molecular formula is C13H23NO2. The predicted octanol–water partition coefficient (Wildman–Crippen LogP) is 2.37. The summed E-state index contributed by atoms with van der Waals surface area (Å²) in [5, 5.41) is 0. The Morgan fingerprint density at radius 1 is 1.50 bits per heavy atom. The van der Waals surface area contributed by atoms with Crippen molar-refractivity contribution in [2.75, 3.05) is 13.6 Å². The van der Waals surface area contributed by atoms with Crippen LogP contribution in [0.4, 0.5) is 0 Å². The average Bonchev–Trinajstić information content (AvgIpc) is 2.08. The van der Waals surface area contributed by atoms with Crippen molar-refractivity contribution >= 4 is 5.97 Å². The second-order valence-corrected chi connectivity index (χ2v) is 5.62. The third-order valence-corrected chi connectivity index (χ3v) is 2.82. The summed E-state index contributed by atoms with van der Waals surface area (Å²) in [7, 11) is 2.12. The van der Waals surface area contributed by atoms with Crippen molar-refractivity contribution in [3.63, 3.8) is 0 Å². The van der Waals surface area contributed by atoms with Crippen molar-refractivity contribution < 1.29 is 9.53 Å². The summed E-state index contributed by atoms with van der Waals surface area (Å²) in [5.41, 5.74) is 0.811. The van der Waals surface area contributed by atoms with E-state index in [4.69, 9.17) is 4.74 Å². The van der Waals surface area contributed by atoms with E-state index < -0.39 is 5.60 Å². The molecule has 0 aromatic carbocycles. The number of nitrogens with zero attached hydrogens (tertiary/aromatic N) is 1. The molecule has 1 fully saturated rings. The highest BCUT2D eigenvalue weighted by Crippen LogP contribution is 2.21. The first-order valence-electron chi connectivity index (χ1n) is 5.90. The molecule has 1 heterocycles. The molecule has 92 valence electrons. The van der Waals surface area contributed by atoms with Crippen LogP contribution in [-0.2, 0) is 9.53 Å². The minimum Gasteiger partial charge on any atom is -0.457 e. The monoisotopic (exact) mass is 225 g/mol. The van der Waals surface area contributed by atoms with Crippen molar-refractivity contribution in [1.29, 1.82) is 0 Å². The molecule has 0 aliphatic carbocycles. The highest BCUT2D eigenvalue weighted by atomic mass is 16.6. The molecule has 1 aliphatic rings. The van der Waals surface area contributed by atoms with Gasteiger partial charge in [-0.2, -0.15) is 0 Å². The van der Waals surface area contributed by atoms with Crippen LogP contribution < -0.4 is 0 Å². The number of carbonyl (C=O) groups excluding carboxylic acids is 1. The van der Waals surface area contributed by atoms with Gasteiger partial charge in [-0.15, -0.1) is 0 Å². The van der Waals surface area contributed by atoms with Gasteiger partial charge in [0.2, 0.25) is 0 Å². The summed E-state index contributed by atoms with van der Waals surface area (Å²) in [4.78, 5) is 13.9. The molecule has 0 aromatic heterocycles. The van der Waals surface area contributed by atoms with Crippen molar-refractivity contribution in [3.05, 3.63) is 11.6 Å². The Morgan fingerprint density at radius 2 is 2.12 bits per heavy atom. The zero-order chi connectivity index (χ0) is 12.3. The van der Waals surface area contributed by atoms with Gasteiger partial charge < -0.3 is 9.64 Å². The van der Waals surface area contributed by atoms with Crippen LogP contribution in [0.3, 0.4) is 0 Å². The third-order valence-electron chi connectivity index (χ3n) is 2.82. The van der Waals surface area contributed by atoms with E-state index in [1.54, 1.807) is 6.08 Å². The van der Waals surface area contributed by atoms with Crippen LogP contribution in [0.25, 0.3) is 0 Å². The Morgan fingerprint density at radius 3 is 2.62 bits per heavy atom. The summed E-state index contributed by atoms with van der Waals surface area (Å²) in [6.07, 6.45) is 3.62. The molecule has 0 radical (unpaired) electrons. The molecule has 1 saturated heterocycles. The number of ether oxygens (including phenoxy) is 1. The minimum absolute atomic E-state index is 0.209. The van der Waals surface area contributed by atoms with E-state index in [0.717, 1.165) is 19.4 Å². The molecule has 0 amide bonds. The van der Waals surface area contributed by atoms with E-state index in [1.807, 2.05) is 20.8 Å². The first kappa shape index (κ1) is 13.2. The first-order valence-corrected chi connectivity index (χ1v) is 5.90. The van der Waals surface area contributed by atoms with Gasteiger partial charge >= 0.3 is 5.97 Å². The molecule has 0 spiro atoms. The zero-order valence-electron chi connectivity index (χ0n) is 11.0. The fourth-order valence-corrected chi connectivity index (χ4v) is 1.81. The molecule has 16 heavy (non-hydrogen) atoms. The number of hydrogen-bond donors (Lipinski definition) is 0. The van der Waals surface area contributed by atoms with Gasteiger partial charge in [0, 0.05) is 18.7 Å². The van der Waals surface area contributed by atoms with Crippen LogP contribution in [0, 0.1) is 0 Å². The second kappa shape index (κ2) is 5.00. The number of esters is 1. The molecule has 0 N–H and O–H groups in total. The van der Waals surface area contributed by atoms with Gasteiger partial charge in [-0.1, -0.05) is 5.57 Å². The van der Waals surface area contributed by atoms with E-state index in [2.05, 4.69) is 18.9 Å². The zero-order valence-corrected chi connectivity index (χ0v) is 11.0. The molecule has 3 heteroatoms. The van der Waals surface area contributed by atoms with Gasteiger partial charge in [0.25, 0.3) is 0 Å². The van der Waals surface area contributed by atoms with Crippen molar-refractivity contribution in [2.45, 2.75) is 52.2 Å². The quantitative estimate of drug-likeness (QED) is 0.507. The highest BCUT2D eigenvalue weighted by molar-refractivity contribution is 5.83. The van der Waals surface area contributed by atoms with Gasteiger partial charge in [-0.25, -0.2) is 4.79 Å². The summed E-state index contributed by atoms with van der Waals surface area (Å²) >= 11 is 0. The largest absolute Gasteiger partial charge is 0.457 e. The van der Waals surface area contributed by atoms with E-state index in [0.29, 0.717) is 6.04 Å². The molecular weight excluding hydrogens is 202 g/mol. The van der Waals surface area contributed by atoms with E-state index in [9.17, 15) is 4.79 Å². The van der Waals surface area contributed by atoms with E-state index in [-0.39, 0.29) is 5.97 Å². The Labute approximate surface area is 98.5 Å². The van der Waals surface area contributed by atoms with Crippen LogP contribution in [0.1, 0.15) is 40.5 Å². The van der Waals surface area contributed by atoms with Gasteiger partial charge in [0.15, 0.2) is 0 Å². The summed E-state index contributed by atoms with van der Waals surface area (Å²) < 4.78 is 5.27. The lowest BCUT2D eigenvalue weighted by atomic mass is 9.98. The molecule has 1 unspecified atom stereocenters. The second-order valence-electron chi connectivity index (χ2n) is 5.62. The molecule has 0 aromatic rings. The molecule has 1 rings (SSSR count). The molecule has 0 bridgehead atoms. The highest BCUT2D eigenvalue weighted by Gasteiger charge is 2.20. The normalized spacial score (nSPS) is 25.8. The standard InChI is InChI=1S/C13H23NO2/c1-10-8-11(6-7-14(10)5)9-12(15)16-13(2,3)4/h9-10H,6-8H2,1-5H3. The maximum atomic E-state index is 11.6. The number of carbonyl (C=O) groups is 1. The number of rotatable bonds is 1. The van der Waals surface area contributed by atoms with E-state index >= 15 is 0 Å². The summed E-state index contributed by atoms with van der Waals surface area (Å²) in [5.74, 6) is -0.209. The molecule has 3 nitrogen and oxygen atoms in total. The number of piperidine rings is 1. The first-order chi connectivity index (χ1) is 7.28. The molecule has 0 saturated carbocycles. The fourth-order valence-electron chi connectivity index (χ4n) is 1.81. The minimum atomic E-state index is -0.398. The van der Waals surface area contributed by atoms with Crippen LogP contribution >= 0.6 is 0 Å². The van der Waals surface area contributed by atoms with Crippen molar-refractivity contribution in [1.82, 2.24) is 4.90 Å². The van der Waals surface area contributed by atoms with Crippen molar-refractivity contribution in [2.24, 2.45) is 0 Å². The average molecular weight is 225 g/mol. The maximum Gasteiger partial charge on any atom is 0.331 e. The van der Waals surface area contributed by atoms with Gasteiger partial charge in [0.1, 0.15) is 5.60 Å². The van der Waals surface area contributed by atoms with Crippen LogP contribution in [0.5, 0.6) is 0 Å². The van der Waals surface area contributed by atoms with Gasteiger partial charge in [0.05, 0.1) is 0 Å². The Hall–Kier alpha value is -0.830. The smallest absolute Gasteiger partial charge is 0.331 e. The maximum absolute atomic E-state index is 11.6. The van der Waals surface area contributed by atoms with E-state index in [1.165, 1.54) is 5.57 Å². The molecule has 1 aliphatic heterocycles. The molecule has 1 atom stereocenters. The summed E-state index contributed by atoms with van der Waals surface area (Å²) in [6, 6.07) is 0.516. The number of likely N-dealkylation sites (tertiary alicyclic amines) is 1. The number of hydrogen-bond acceptors (Lipinski definition) is 3. The summed E-state index contributed by atoms with van der Waals surface area (Å²) in [6.45, 7) is 8.87. The Bertz CT molecular complexity index is 289. The Balaban J connectivity index is 2.54. The SMILES string of the molecule is CC1CC(=CC(=O)OC(C)(C)C)CCN1C. The lowest BCUT2D eigenvalue weighted by Crippen LogP contribution is -2.35. The van der Waals surface area contributed by atoms with Crippen LogP contribution in [-0.4, -0.2) is 36.1 Å². The topological polar surface area (TPSA) is 29.5 Å². The van der Waals surface area contributed by atoms with Crippen LogP contribution in [0.15, 0.2) is 11.6 Å². The predicted molar refractivity (Wildman–Crippen MR) is 65.3 cm³/mol. The fraction of sp³-hybridized carbons (Fsp3) is 0.769. The lowest BCUT2D eigenvalue weighted by Gasteiger charge is -2.31. The van der Waals surface area contributed by atoms with Gasteiger partial charge in [-0.05, 0) is 47.6 Å². The Kier molecular flexibility index (Phi) is 4.14. The third kappa shape index (κ3) is 4.35. The van der Waals surface area contributed by atoms with Crippen LogP contribution in [0.2, 0.25) is 0 Å². The lowest BCUT2D eigenvalue weighted by molar-refractivity contribution is -0.148.